The summed E-state index contributed by atoms with van der Waals surface area (Å²) in [5, 5.41) is 16.1. The number of nitrogens with one attached hydrogen (secondary N) is 2. The number of aromatic nitrogens is 3. The average molecular weight is 447 g/mol. The van der Waals surface area contributed by atoms with Crippen molar-refractivity contribution in [2.45, 2.75) is 57.3 Å². The molecule has 0 radical (unpaired) electrons. The third-order valence-corrected chi connectivity index (χ3v) is 7.20. The quantitative estimate of drug-likeness (QED) is 0.641. The SMILES string of the molecule is CCn1ccc2cc(C(=O)N[C@H]3COc4cc(N5CC6CCCC(C5)N6)ccc4C3)nnc21. The van der Waals surface area contributed by atoms with Crippen LogP contribution in [0.15, 0.2) is 36.5 Å². The van der Waals surface area contributed by atoms with Crippen LogP contribution in [0.5, 0.6) is 5.75 Å². The molecule has 3 aliphatic heterocycles. The fourth-order valence-electron chi connectivity index (χ4n) is 5.48. The van der Waals surface area contributed by atoms with Crippen LogP contribution in [0.4, 0.5) is 5.69 Å². The van der Waals surface area contributed by atoms with E-state index in [1.807, 2.05) is 16.8 Å². The van der Waals surface area contributed by atoms with Crippen molar-refractivity contribution in [3.63, 3.8) is 0 Å². The highest BCUT2D eigenvalue weighted by atomic mass is 16.5. The molecule has 2 bridgehead atoms. The molecule has 0 saturated carbocycles. The van der Waals surface area contributed by atoms with Crippen molar-refractivity contribution in [1.29, 1.82) is 0 Å². The highest BCUT2D eigenvalue weighted by Crippen LogP contribution is 2.32. The van der Waals surface area contributed by atoms with Gasteiger partial charge in [0, 0.05) is 55.1 Å². The minimum atomic E-state index is -0.213. The van der Waals surface area contributed by atoms with Crippen LogP contribution in [-0.4, -0.2) is 58.5 Å². The second kappa shape index (κ2) is 8.33. The Kier molecular flexibility index (Phi) is 5.17. The molecule has 0 spiro atoms. The zero-order valence-corrected chi connectivity index (χ0v) is 19.0. The number of carbonyl (C=O) groups is 1. The van der Waals surface area contributed by atoms with Gasteiger partial charge in [-0.05, 0) is 49.9 Å². The van der Waals surface area contributed by atoms with Gasteiger partial charge in [0.15, 0.2) is 11.3 Å². The van der Waals surface area contributed by atoms with Crippen molar-refractivity contribution in [2.75, 3.05) is 24.6 Å². The number of benzene rings is 1. The summed E-state index contributed by atoms with van der Waals surface area (Å²) in [5.41, 5.74) is 3.50. The van der Waals surface area contributed by atoms with Crippen LogP contribution in [-0.2, 0) is 13.0 Å². The number of rotatable bonds is 4. The summed E-state index contributed by atoms with van der Waals surface area (Å²) in [6.07, 6.45) is 6.57. The molecule has 5 heterocycles. The normalized spacial score (nSPS) is 24.3. The second-order valence-electron chi connectivity index (χ2n) is 9.48. The van der Waals surface area contributed by atoms with Gasteiger partial charge in [-0.1, -0.05) is 12.5 Å². The molecule has 2 saturated heterocycles. The molecular formula is C25H30N6O2. The van der Waals surface area contributed by atoms with E-state index in [4.69, 9.17) is 4.74 Å². The van der Waals surface area contributed by atoms with Crippen molar-refractivity contribution < 1.29 is 9.53 Å². The molecular weight excluding hydrogens is 416 g/mol. The molecule has 2 aromatic heterocycles. The number of hydrogen-bond donors (Lipinski definition) is 2. The van der Waals surface area contributed by atoms with Gasteiger partial charge in [0.2, 0.25) is 0 Å². The molecule has 0 aliphatic carbocycles. The Balaban J connectivity index is 1.12. The summed E-state index contributed by atoms with van der Waals surface area (Å²) < 4.78 is 8.10. The minimum Gasteiger partial charge on any atom is -0.491 e. The number of piperidine rings is 1. The Hall–Kier alpha value is -3.13. The van der Waals surface area contributed by atoms with Gasteiger partial charge in [-0.2, -0.15) is 0 Å². The van der Waals surface area contributed by atoms with E-state index in [1.54, 1.807) is 6.07 Å². The zero-order chi connectivity index (χ0) is 22.4. The lowest BCUT2D eigenvalue weighted by Crippen LogP contribution is -2.58. The zero-order valence-electron chi connectivity index (χ0n) is 19.0. The molecule has 172 valence electrons. The van der Waals surface area contributed by atoms with Crippen molar-refractivity contribution in [2.24, 2.45) is 0 Å². The highest BCUT2D eigenvalue weighted by molar-refractivity contribution is 5.95. The summed E-state index contributed by atoms with van der Waals surface area (Å²) in [4.78, 5) is 15.3. The van der Waals surface area contributed by atoms with Gasteiger partial charge >= 0.3 is 0 Å². The first-order chi connectivity index (χ1) is 16.2. The third-order valence-electron chi connectivity index (χ3n) is 7.20. The third kappa shape index (κ3) is 3.93. The number of aryl methyl sites for hydroxylation is 1. The van der Waals surface area contributed by atoms with Gasteiger partial charge in [0.05, 0.1) is 6.04 Å². The molecule has 8 heteroatoms. The molecule has 1 amide bonds. The Morgan fingerprint density at radius 1 is 1.18 bits per heavy atom. The molecule has 6 rings (SSSR count). The molecule has 3 aromatic rings. The molecule has 2 N–H and O–H groups in total. The maximum atomic E-state index is 12.8. The van der Waals surface area contributed by atoms with Crippen molar-refractivity contribution in [3.05, 3.63) is 47.8 Å². The number of anilines is 1. The van der Waals surface area contributed by atoms with Gasteiger partial charge in [-0.15, -0.1) is 10.2 Å². The van der Waals surface area contributed by atoms with E-state index in [0.29, 0.717) is 24.4 Å². The molecule has 33 heavy (non-hydrogen) atoms. The number of nitrogens with zero attached hydrogens (tertiary/aromatic N) is 4. The van der Waals surface area contributed by atoms with Gasteiger partial charge in [-0.3, -0.25) is 4.79 Å². The van der Waals surface area contributed by atoms with Crippen molar-refractivity contribution in [1.82, 2.24) is 25.4 Å². The summed E-state index contributed by atoms with van der Waals surface area (Å²) >= 11 is 0. The molecule has 2 unspecified atom stereocenters. The van der Waals surface area contributed by atoms with Crippen LogP contribution in [0.25, 0.3) is 11.0 Å². The monoisotopic (exact) mass is 446 g/mol. The standard InChI is InChI=1S/C25H30N6O2/c1-2-30-9-8-17-11-22(28-29-24(17)30)25(32)27-20-10-16-6-7-21(12-23(16)33-15-20)31-13-18-4-3-5-19(14-31)26-18/h6-9,11-12,18-20,26H,2-5,10,13-15H2,1H3,(H,27,32)/t18?,19?,20-/m1/s1. The maximum absolute atomic E-state index is 12.8. The minimum absolute atomic E-state index is 0.0906. The van der Waals surface area contributed by atoms with E-state index in [2.05, 4.69) is 50.9 Å². The lowest BCUT2D eigenvalue weighted by molar-refractivity contribution is 0.0909. The van der Waals surface area contributed by atoms with Crippen LogP contribution in [0.2, 0.25) is 0 Å². The maximum Gasteiger partial charge on any atom is 0.272 e. The predicted molar refractivity (Wildman–Crippen MR) is 127 cm³/mol. The number of piperazine rings is 1. The fraction of sp³-hybridized carbons (Fsp3) is 0.480. The average Bonchev–Trinajstić information content (AvgIpc) is 3.26. The Morgan fingerprint density at radius 2 is 2.03 bits per heavy atom. The lowest BCUT2D eigenvalue weighted by Gasteiger charge is -2.43. The highest BCUT2D eigenvalue weighted by Gasteiger charge is 2.30. The van der Waals surface area contributed by atoms with E-state index >= 15 is 0 Å². The Morgan fingerprint density at radius 3 is 2.85 bits per heavy atom. The van der Waals surface area contributed by atoms with E-state index in [9.17, 15) is 4.79 Å². The van der Waals surface area contributed by atoms with Gasteiger partial charge in [-0.25, -0.2) is 0 Å². The van der Waals surface area contributed by atoms with Crippen LogP contribution < -0.4 is 20.3 Å². The summed E-state index contributed by atoms with van der Waals surface area (Å²) in [6, 6.07) is 11.4. The Labute approximate surface area is 193 Å². The molecule has 2 fully saturated rings. The van der Waals surface area contributed by atoms with Crippen LogP contribution >= 0.6 is 0 Å². The number of carbonyl (C=O) groups excluding carboxylic acids is 1. The first-order valence-corrected chi connectivity index (χ1v) is 12.1. The number of amides is 1. The number of hydrogen-bond acceptors (Lipinski definition) is 6. The Bertz CT molecular complexity index is 1180. The molecule has 8 nitrogen and oxygen atoms in total. The molecule has 1 aromatic carbocycles. The predicted octanol–water partition coefficient (Wildman–Crippen LogP) is 2.52. The largest absolute Gasteiger partial charge is 0.491 e. The second-order valence-corrected chi connectivity index (χ2v) is 9.48. The van der Waals surface area contributed by atoms with E-state index < -0.39 is 0 Å². The topological polar surface area (TPSA) is 84.3 Å². The fourth-order valence-corrected chi connectivity index (χ4v) is 5.48. The van der Waals surface area contributed by atoms with Gasteiger partial charge < -0.3 is 24.8 Å². The molecule has 3 atom stereocenters. The van der Waals surface area contributed by atoms with Crippen molar-refractivity contribution in [3.8, 4) is 5.75 Å². The molecule has 3 aliphatic rings. The lowest BCUT2D eigenvalue weighted by atomic mass is 9.93. The number of fused-ring (bicyclic) bond motifs is 4. The van der Waals surface area contributed by atoms with Gasteiger partial charge in [0.25, 0.3) is 5.91 Å². The first kappa shape index (κ1) is 20.5. The first-order valence-electron chi connectivity index (χ1n) is 12.1. The van der Waals surface area contributed by atoms with E-state index in [1.165, 1.54) is 24.9 Å². The summed E-state index contributed by atoms with van der Waals surface area (Å²) in [7, 11) is 0. The van der Waals surface area contributed by atoms with E-state index in [-0.39, 0.29) is 11.9 Å². The van der Waals surface area contributed by atoms with Crippen LogP contribution in [0.3, 0.4) is 0 Å². The smallest absolute Gasteiger partial charge is 0.272 e. The van der Waals surface area contributed by atoms with E-state index in [0.717, 1.165) is 48.4 Å². The summed E-state index contributed by atoms with van der Waals surface area (Å²) in [6.45, 7) is 5.44. The van der Waals surface area contributed by atoms with Crippen LogP contribution in [0, 0.1) is 0 Å². The summed E-state index contributed by atoms with van der Waals surface area (Å²) in [5.74, 6) is 0.721. The van der Waals surface area contributed by atoms with Crippen molar-refractivity contribution >= 4 is 22.6 Å². The van der Waals surface area contributed by atoms with Crippen LogP contribution in [0.1, 0.15) is 42.2 Å². The number of ether oxygens (including phenoxy) is 1. The van der Waals surface area contributed by atoms with Gasteiger partial charge in [0.1, 0.15) is 12.4 Å².